The highest BCUT2D eigenvalue weighted by Crippen LogP contribution is 2.48. The molecule has 0 bridgehead atoms. The monoisotopic (exact) mass is 460 g/mol. The fraction of sp³-hybridized carbons (Fsp3) is 0.333. The number of phenols is 5. The molecule has 2 aromatic carbocycles. The zero-order chi connectivity index (χ0) is 25.4. The number of hydrogen-bond donors (Lipinski definition) is 6. The predicted octanol–water partition coefficient (Wildman–Crippen LogP) is 3.01. The molecule has 0 aromatic heterocycles. The highest BCUT2D eigenvalue weighted by Gasteiger charge is 2.30. The Morgan fingerprint density at radius 1 is 0.818 bits per heavy atom. The van der Waals surface area contributed by atoms with Gasteiger partial charge in [0.2, 0.25) is 0 Å². The Morgan fingerprint density at radius 3 is 1.73 bits per heavy atom. The van der Waals surface area contributed by atoms with Crippen LogP contribution in [0.15, 0.2) is 12.2 Å². The lowest BCUT2D eigenvalue weighted by atomic mass is 9.89. The summed E-state index contributed by atoms with van der Waals surface area (Å²) >= 11 is 0. The van der Waals surface area contributed by atoms with E-state index in [1.807, 2.05) is 0 Å². The molecule has 6 N–H and O–H groups in total. The maximum atomic E-state index is 12.2. The standard InChI is InChI=1S/C24H28O9/c1-9(2)16(27)8-14-20(29)13(21(30)18(12(5)26)22(14)31)7-15-23(32)17(11(4)25)19(28)10(3)24(15)33-6/h16,27-32H,1,7-8H2,2-6H3. The predicted molar refractivity (Wildman–Crippen MR) is 120 cm³/mol. The van der Waals surface area contributed by atoms with Gasteiger partial charge in [-0.3, -0.25) is 9.59 Å². The van der Waals surface area contributed by atoms with Gasteiger partial charge in [0, 0.05) is 35.1 Å². The number of phenolic OH excluding ortho intramolecular Hbond substituents is 5. The molecule has 33 heavy (non-hydrogen) atoms. The van der Waals surface area contributed by atoms with Gasteiger partial charge in [0.05, 0.1) is 13.2 Å². The van der Waals surface area contributed by atoms with Crippen LogP contribution >= 0.6 is 0 Å². The molecule has 0 fully saturated rings. The van der Waals surface area contributed by atoms with Crippen LogP contribution in [0.4, 0.5) is 0 Å². The number of hydrogen-bond acceptors (Lipinski definition) is 9. The summed E-state index contributed by atoms with van der Waals surface area (Å²) in [5, 5.41) is 63.5. The van der Waals surface area contributed by atoms with Gasteiger partial charge in [-0.05, 0) is 27.7 Å². The molecule has 9 heteroatoms. The molecule has 0 aliphatic carbocycles. The van der Waals surface area contributed by atoms with Gasteiger partial charge in [0.15, 0.2) is 11.6 Å². The first-order valence-electron chi connectivity index (χ1n) is 10.0. The average molecular weight is 460 g/mol. The van der Waals surface area contributed by atoms with Crippen LogP contribution < -0.4 is 4.74 Å². The van der Waals surface area contributed by atoms with Gasteiger partial charge in [0.25, 0.3) is 0 Å². The fourth-order valence-corrected chi connectivity index (χ4v) is 3.72. The fourth-order valence-electron chi connectivity index (χ4n) is 3.72. The second kappa shape index (κ2) is 9.41. The third kappa shape index (κ3) is 4.45. The smallest absolute Gasteiger partial charge is 0.167 e. The number of carbonyl (C=O) groups excluding carboxylic acids is 2. The number of ketones is 2. The topological polar surface area (TPSA) is 165 Å². The minimum Gasteiger partial charge on any atom is -0.507 e. The Kier molecular flexibility index (Phi) is 7.29. The number of Topliss-reactive ketones (excluding diaryl/α,β-unsaturated/α-hetero) is 2. The van der Waals surface area contributed by atoms with Crippen molar-refractivity contribution in [2.75, 3.05) is 7.11 Å². The summed E-state index contributed by atoms with van der Waals surface area (Å²) < 4.78 is 5.29. The van der Waals surface area contributed by atoms with Gasteiger partial charge in [-0.25, -0.2) is 0 Å². The first kappa shape index (κ1) is 25.5. The lowest BCUT2D eigenvalue weighted by Gasteiger charge is -2.21. The number of ether oxygens (including phenoxy) is 1. The van der Waals surface area contributed by atoms with Crippen molar-refractivity contribution in [1.29, 1.82) is 0 Å². The summed E-state index contributed by atoms with van der Waals surface area (Å²) in [6.45, 7) is 8.86. The summed E-state index contributed by atoms with van der Waals surface area (Å²) in [6, 6.07) is 0. The van der Waals surface area contributed by atoms with Gasteiger partial charge in [-0.15, -0.1) is 0 Å². The minimum atomic E-state index is -1.16. The number of benzene rings is 2. The number of aliphatic hydroxyl groups is 1. The molecule has 1 unspecified atom stereocenters. The summed E-state index contributed by atoms with van der Waals surface area (Å²) in [5.41, 5.74) is -0.877. The third-order valence-corrected chi connectivity index (χ3v) is 5.57. The van der Waals surface area contributed by atoms with Crippen LogP contribution in [-0.2, 0) is 12.8 Å². The van der Waals surface area contributed by atoms with Crippen molar-refractivity contribution in [3.8, 4) is 34.5 Å². The normalized spacial score (nSPS) is 11.8. The van der Waals surface area contributed by atoms with Gasteiger partial charge in [-0.1, -0.05) is 12.2 Å². The number of aromatic hydroxyl groups is 5. The molecule has 9 nitrogen and oxygen atoms in total. The number of carbonyl (C=O) groups is 2. The van der Waals surface area contributed by atoms with Crippen LogP contribution in [0.2, 0.25) is 0 Å². The molecule has 2 rings (SSSR count). The third-order valence-electron chi connectivity index (χ3n) is 5.57. The van der Waals surface area contributed by atoms with E-state index in [0.717, 1.165) is 13.8 Å². The lowest BCUT2D eigenvalue weighted by molar-refractivity contribution is 0.0998. The number of methoxy groups -OCH3 is 1. The zero-order valence-electron chi connectivity index (χ0n) is 19.1. The van der Waals surface area contributed by atoms with E-state index in [0.29, 0.717) is 5.57 Å². The molecule has 0 heterocycles. The van der Waals surface area contributed by atoms with Gasteiger partial charge < -0.3 is 35.4 Å². The first-order chi connectivity index (χ1) is 15.3. The Hall–Kier alpha value is -3.72. The molecule has 1 atom stereocenters. The molecule has 0 saturated heterocycles. The summed E-state index contributed by atoms with van der Waals surface area (Å²) in [5.74, 6) is -4.49. The van der Waals surface area contributed by atoms with E-state index in [1.165, 1.54) is 21.0 Å². The maximum absolute atomic E-state index is 12.2. The zero-order valence-corrected chi connectivity index (χ0v) is 19.1. The van der Waals surface area contributed by atoms with Crippen molar-refractivity contribution in [2.45, 2.75) is 46.6 Å². The van der Waals surface area contributed by atoms with E-state index >= 15 is 0 Å². The minimum absolute atomic E-state index is 0.00484. The van der Waals surface area contributed by atoms with Crippen molar-refractivity contribution in [2.24, 2.45) is 0 Å². The van der Waals surface area contributed by atoms with Crippen molar-refractivity contribution >= 4 is 11.6 Å². The summed E-state index contributed by atoms with van der Waals surface area (Å²) in [6.07, 6.45) is -1.91. The van der Waals surface area contributed by atoms with E-state index in [2.05, 4.69) is 6.58 Å². The summed E-state index contributed by atoms with van der Waals surface area (Å²) in [7, 11) is 1.27. The van der Waals surface area contributed by atoms with E-state index in [-0.39, 0.29) is 40.0 Å². The Balaban J connectivity index is 2.89. The van der Waals surface area contributed by atoms with Gasteiger partial charge in [-0.2, -0.15) is 0 Å². The van der Waals surface area contributed by atoms with E-state index in [4.69, 9.17) is 4.74 Å². The molecule has 2 aromatic rings. The average Bonchev–Trinajstić information content (AvgIpc) is 2.71. The Morgan fingerprint density at radius 2 is 1.27 bits per heavy atom. The maximum Gasteiger partial charge on any atom is 0.167 e. The second-order valence-electron chi connectivity index (χ2n) is 7.94. The molecule has 178 valence electrons. The second-order valence-corrected chi connectivity index (χ2v) is 7.94. The van der Waals surface area contributed by atoms with E-state index in [9.17, 15) is 40.2 Å². The van der Waals surface area contributed by atoms with Crippen LogP contribution in [0.5, 0.6) is 34.5 Å². The molecular formula is C24H28O9. The number of rotatable bonds is 8. The van der Waals surface area contributed by atoms with Crippen LogP contribution in [-0.4, -0.2) is 55.4 Å². The summed E-state index contributed by atoms with van der Waals surface area (Å²) in [4.78, 5) is 24.2. The molecule has 0 amide bonds. The number of aliphatic hydroxyl groups excluding tert-OH is 1. The van der Waals surface area contributed by atoms with Gasteiger partial charge >= 0.3 is 0 Å². The van der Waals surface area contributed by atoms with E-state index < -0.39 is 58.4 Å². The van der Waals surface area contributed by atoms with Crippen LogP contribution in [0, 0.1) is 6.92 Å². The lowest BCUT2D eigenvalue weighted by Crippen LogP contribution is -2.13. The van der Waals surface area contributed by atoms with Crippen LogP contribution in [0.1, 0.15) is 63.7 Å². The molecule has 0 saturated carbocycles. The quantitative estimate of drug-likeness (QED) is 0.256. The van der Waals surface area contributed by atoms with E-state index in [1.54, 1.807) is 0 Å². The highest BCUT2D eigenvalue weighted by atomic mass is 16.5. The molecule has 0 aliphatic heterocycles. The molecule has 0 radical (unpaired) electrons. The molecule has 0 spiro atoms. The Bertz CT molecular complexity index is 1160. The van der Waals surface area contributed by atoms with Crippen molar-refractivity contribution in [3.05, 3.63) is 45.5 Å². The van der Waals surface area contributed by atoms with Gasteiger partial charge in [0.1, 0.15) is 45.6 Å². The highest BCUT2D eigenvalue weighted by molar-refractivity contribution is 6.02. The Labute approximate surface area is 190 Å². The van der Waals surface area contributed by atoms with Crippen molar-refractivity contribution in [3.63, 3.8) is 0 Å². The van der Waals surface area contributed by atoms with Crippen LogP contribution in [0.3, 0.4) is 0 Å². The van der Waals surface area contributed by atoms with Crippen molar-refractivity contribution in [1.82, 2.24) is 0 Å². The first-order valence-corrected chi connectivity index (χ1v) is 10.0. The largest absolute Gasteiger partial charge is 0.507 e. The SMILES string of the molecule is C=C(C)C(O)Cc1c(O)c(Cc2c(O)c(C(C)=O)c(O)c(C)c2OC)c(O)c(C(C)=O)c1O. The molecular weight excluding hydrogens is 432 g/mol. The van der Waals surface area contributed by atoms with Crippen molar-refractivity contribution < 1.29 is 45.0 Å². The molecule has 0 aliphatic rings. The van der Waals surface area contributed by atoms with Crippen LogP contribution in [0.25, 0.3) is 0 Å².